The van der Waals surface area contributed by atoms with Crippen LogP contribution in [0.3, 0.4) is 0 Å². The number of fused-ring (bicyclic) bond motifs is 1. The topological polar surface area (TPSA) is 85.9 Å². The molecule has 94 valence electrons. The summed E-state index contributed by atoms with van der Waals surface area (Å²) < 4.78 is 0. The molecule has 1 aliphatic carbocycles. The predicted molar refractivity (Wildman–Crippen MR) is 66.5 cm³/mol. The summed E-state index contributed by atoms with van der Waals surface area (Å²) in [7, 11) is 0. The third-order valence-electron chi connectivity index (χ3n) is 3.89. The molecule has 1 aromatic carbocycles. The number of carbonyl (C=O) groups is 1. The zero-order valence-electron chi connectivity index (χ0n) is 9.82. The van der Waals surface area contributed by atoms with E-state index < -0.39 is 11.4 Å². The molecule has 5 heteroatoms. The van der Waals surface area contributed by atoms with Crippen LogP contribution >= 0.6 is 0 Å². The standard InChI is InChI=1S/C13H14N2O3/c16-11(17)13(4-1-5-13)7-8-2-3-9-10(6-8)15-12(18)14-9/h2-3,6H,1,4-5,7H2,(H,16,17)(H2,14,15,18). The lowest BCUT2D eigenvalue weighted by Gasteiger charge is -2.37. The molecule has 1 heterocycles. The third-order valence-corrected chi connectivity index (χ3v) is 3.89. The molecule has 18 heavy (non-hydrogen) atoms. The molecule has 3 N–H and O–H groups in total. The highest BCUT2D eigenvalue weighted by atomic mass is 16.4. The molecule has 0 radical (unpaired) electrons. The van der Waals surface area contributed by atoms with Gasteiger partial charge in [0.1, 0.15) is 0 Å². The van der Waals surface area contributed by atoms with Crippen molar-refractivity contribution >= 4 is 17.0 Å². The molecule has 0 bridgehead atoms. The van der Waals surface area contributed by atoms with Crippen molar-refractivity contribution in [2.45, 2.75) is 25.7 Å². The Bertz CT molecular complexity index is 664. The van der Waals surface area contributed by atoms with E-state index in [0.29, 0.717) is 6.42 Å². The molecule has 0 atom stereocenters. The van der Waals surface area contributed by atoms with E-state index in [9.17, 15) is 14.7 Å². The monoisotopic (exact) mass is 246 g/mol. The van der Waals surface area contributed by atoms with Gasteiger partial charge in [-0.05, 0) is 37.0 Å². The molecule has 0 amide bonds. The van der Waals surface area contributed by atoms with E-state index in [-0.39, 0.29) is 5.69 Å². The molecule has 5 nitrogen and oxygen atoms in total. The molecule has 1 saturated carbocycles. The summed E-state index contributed by atoms with van der Waals surface area (Å²) in [6, 6.07) is 5.56. The number of nitrogens with one attached hydrogen (secondary N) is 2. The molecule has 0 unspecified atom stereocenters. The van der Waals surface area contributed by atoms with Crippen LogP contribution in [-0.4, -0.2) is 21.0 Å². The summed E-state index contributed by atoms with van der Waals surface area (Å²) in [4.78, 5) is 27.8. The van der Waals surface area contributed by atoms with Gasteiger partial charge >= 0.3 is 11.7 Å². The quantitative estimate of drug-likeness (QED) is 0.769. The van der Waals surface area contributed by atoms with Gasteiger partial charge in [-0.15, -0.1) is 0 Å². The summed E-state index contributed by atoms with van der Waals surface area (Å²) >= 11 is 0. The molecular formula is C13H14N2O3. The molecule has 3 rings (SSSR count). The maximum absolute atomic E-state index is 11.3. The Hall–Kier alpha value is -2.04. The van der Waals surface area contributed by atoms with Gasteiger partial charge in [-0.2, -0.15) is 0 Å². The largest absolute Gasteiger partial charge is 0.481 e. The lowest BCUT2D eigenvalue weighted by molar-refractivity contribution is -0.154. The summed E-state index contributed by atoms with van der Waals surface area (Å²) in [6.45, 7) is 0. The van der Waals surface area contributed by atoms with E-state index in [4.69, 9.17) is 0 Å². The SMILES string of the molecule is O=C(O)C1(Cc2ccc3[nH]c(=O)[nH]c3c2)CCC1. The van der Waals surface area contributed by atoms with Gasteiger partial charge in [0.2, 0.25) is 0 Å². The Morgan fingerprint density at radius 1 is 1.28 bits per heavy atom. The Balaban J connectivity index is 1.95. The number of carboxylic acids is 1. The first-order valence-electron chi connectivity index (χ1n) is 6.03. The Morgan fingerprint density at radius 3 is 2.61 bits per heavy atom. The number of carboxylic acid groups (broad SMARTS) is 1. The van der Waals surface area contributed by atoms with Crippen molar-refractivity contribution in [1.29, 1.82) is 0 Å². The summed E-state index contributed by atoms with van der Waals surface area (Å²) in [6.07, 6.45) is 3.00. The highest BCUT2D eigenvalue weighted by molar-refractivity contribution is 5.78. The van der Waals surface area contributed by atoms with Crippen LogP contribution in [0.15, 0.2) is 23.0 Å². The Labute approximate surface area is 103 Å². The first kappa shape index (κ1) is 11.1. The van der Waals surface area contributed by atoms with Crippen LogP contribution in [-0.2, 0) is 11.2 Å². The molecule has 1 aliphatic rings. The number of aliphatic carboxylic acids is 1. The van der Waals surface area contributed by atoms with Crippen LogP contribution in [0.1, 0.15) is 24.8 Å². The van der Waals surface area contributed by atoms with Gasteiger partial charge in [0.25, 0.3) is 0 Å². The van der Waals surface area contributed by atoms with Crippen LogP contribution in [0, 0.1) is 5.41 Å². The lowest BCUT2D eigenvalue weighted by Crippen LogP contribution is -2.39. The van der Waals surface area contributed by atoms with Gasteiger partial charge in [-0.3, -0.25) is 4.79 Å². The number of aromatic amines is 2. The first-order valence-corrected chi connectivity index (χ1v) is 6.03. The van der Waals surface area contributed by atoms with E-state index >= 15 is 0 Å². The lowest BCUT2D eigenvalue weighted by atomic mass is 9.65. The van der Waals surface area contributed by atoms with E-state index in [1.54, 1.807) is 0 Å². The average molecular weight is 246 g/mol. The molecular weight excluding hydrogens is 232 g/mol. The maximum Gasteiger partial charge on any atom is 0.323 e. The Morgan fingerprint density at radius 2 is 2.00 bits per heavy atom. The van der Waals surface area contributed by atoms with E-state index in [0.717, 1.165) is 35.9 Å². The van der Waals surface area contributed by atoms with Crippen LogP contribution in [0.25, 0.3) is 11.0 Å². The van der Waals surface area contributed by atoms with Gasteiger partial charge < -0.3 is 15.1 Å². The van der Waals surface area contributed by atoms with Gasteiger partial charge in [-0.25, -0.2) is 4.79 Å². The highest BCUT2D eigenvalue weighted by Gasteiger charge is 2.44. The normalized spacial score (nSPS) is 17.6. The highest BCUT2D eigenvalue weighted by Crippen LogP contribution is 2.44. The number of imidazole rings is 1. The van der Waals surface area contributed by atoms with E-state index in [1.165, 1.54) is 0 Å². The minimum Gasteiger partial charge on any atom is -0.481 e. The molecule has 1 fully saturated rings. The molecule has 0 aliphatic heterocycles. The number of benzene rings is 1. The first-order chi connectivity index (χ1) is 8.59. The third kappa shape index (κ3) is 1.63. The summed E-state index contributed by atoms with van der Waals surface area (Å²) in [5, 5.41) is 9.30. The second-order valence-corrected chi connectivity index (χ2v) is 5.07. The minimum atomic E-state index is -0.712. The van der Waals surface area contributed by atoms with Crippen molar-refractivity contribution in [3.63, 3.8) is 0 Å². The van der Waals surface area contributed by atoms with Crippen LogP contribution in [0.2, 0.25) is 0 Å². The van der Waals surface area contributed by atoms with Gasteiger partial charge in [0, 0.05) is 0 Å². The van der Waals surface area contributed by atoms with Gasteiger partial charge in [0.15, 0.2) is 0 Å². The van der Waals surface area contributed by atoms with Crippen molar-refractivity contribution in [2.24, 2.45) is 5.41 Å². The zero-order chi connectivity index (χ0) is 12.8. The fourth-order valence-electron chi connectivity index (χ4n) is 2.65. The van der Waals surface area contributed by atoms with Crippen molar-refractivity contribution in [3.05, 3.63) is 34.2 Å². The minimum absolute atomic E-state index is 0.237. The molecule has 0 saturated heterocycles. The maximum atomic E-state index is 11.3. The van der Waals surface area contributed by atoms with Crippen molar-refractivity contribution in [3.8, 4) is 0 Å². The van der Waals surface area contributed by atoms with Crippen molar-refractivity contribution < 1.29 is 9.90 Å². The number of hydrogen-bond acceptors (Lipinski definition) is 2. The molecule has 0 spiro atoms. The second kappa shape index (κ2) is 3.73. The fraction of sp³-hybridized carbons (Fsp3) is 0.385. The van der Waals surface area contributed by atoms with Crippen LogP contribution < -0.4 is 5.69 Å². The van der Waals surface area contributed by atoms with Gasteiger partial charge in [0.05, 0.1) is 16.4 Å². The zero-order valence-corrected chi connectivity index (χ0v) is 9.82. The number of aromatic nitrogens is 2. The molecule has 1 aromatic heterocycles. The fourth-order valence-corrected chi connectivity index (χ4v) is 2.65. The number of rotatable bonds is 3. The summed E-state index contributed by atoms with van der Waals surface area (Å²) in [5.41, 5.74) is 1.61. The van der Waals surface area contributed by atoms with E-state index in [1.807, 2.05) is 18.2 Å². The second-order valence-electron chi connectivity index (χ2n) is 5.07. The van der Waals surface area contributed by atoms with Crippen molar-refractivity contribution in [2.75, 3.05) is 0 Å². The average Bonchev–Trinajstić information content (AvgIpc) is 2.62. The van der Waals surface area contributed by atoms with Crippen molar-refractivity contribution in [1.82, 2.24) is 9.97 Å². The predicted octanol–water partition coefficient (Wildman–Crippen LogP) is 1.65. The number of hydrogen-bond donors (Lipinski definition) is 3. The van der Waals surface area contributed by atoms with Gasteiger partial charge in [-0.1, -0.05) is 12.5 Å². The number of H-pyrrole nitrogens is 2. The smallest absolute Gasteiger partial charge is 0.323 e. The molecule has 2 aromatic rings. The Kier molecular flexibility index (Phi) is 2.29. The van der Waals surface area contributed by atoms with Crippen LogP contribution in [0.5, 0.6) is 0 Å². The van der Waals surface area contributed by atoms with E-state index in [2.05, 4.69) is 9.97 Å². The summed E-state index contributed by atoms with van der Waals surface area (Å²) in [5.74, 6) is -0.712. The van der Waals surface area contributed by atoms with Crippen LogP contribution in [0.4, 0.5) is 0 Å².